The normalized spacial score (nSPS) is 14.7. The van der Waals surface area contributed by atoms with Crippen molar-refractivity contribution < 1.29 is 0 Å². The lowest BCUT2D eigenvalue weighted by molar-refractivity contribution is 0.793. The van der Waals surface area contributed by atoms with Gasteiger partial charge in [-0.05, 0) is 99.1 Å². The number of fused-ring (bicyclic) bond motifs is 8. The Labute approximate surface area is 225 Å². The highest BCUT2D eigenvalue weighted by atomic mass is 35.5. The molecule has 0 saturated heterocycles. The van der Waals surface area contributed by atoms with Gasteiger partial charge >= 0.3 is 0 Å². The molecular weight excluding hydrogens is 476 g/mol. The van der Waals surface area contributed by atoms with Crippen LogP contribution in [0.25, 0.3) is 39.8 Å². The first-order valence-electron chi connectivity index (χ1n) is 13.3. The fourth-order valence-electron chi connectivity index (χ4n) is 5.14. The van der Waals surface area contributed by atoms with Gasteiger partial charge in [0.15, 0.2) is 0 Å². The van der Waals surface area contributed by atoms with E-state index in [0.717, 1.165) is 75.5 Å². The molecule has 3 aromatic heterocycles. The number of allylic oxidation sites excluding steroid dienone is 1. The molecule has 0 spiro atoms. The quantitative estimate of drug-likeness (QED) is 0.342. The molecule has 0 unspecified atom stereocenters. The molecule has 2 N–H and O–H groups in total. The van der Waals surface area contributed by atoms with Crippen LogP contribution in [-0.2, 0) is 12.8 Å². The molecule has 0 aromatic carbocycles. The number of nitrogens with one attached hydrogen (secondary N) is 2. The average Bonchev–Trinajstić information content (AvgIpc) is 3.59. The fraction of sp³-hybridized carbons (Fsp3) is 0.375. The lowest BCUT2D eigenvalue weighted by atomic mass is 10.0. The summed E-state index contributed by atoms with van der Waals surface area (Å²) in [5, 5.41) is 0. The van der Waals surface area contributed by atoms with Gasteiger partial charge in [0.05, 0.1) is 11.4 Å². The van der Waals surface area contributed by atoms with Crippen molar-refractivity contribution in [2.24, 2.45) is 0 Å². The lowest BCUT2D eigenvalue weighted by Gasteiger charge is -2.00. The summed E-state index contributed by atoms with van der Waals surface area (Å²) in [4.78, 5) is 17.4. The monoisotopic (exact) mass is 514 g/mol. The van der Waals surface area contributed by atoms with E-state index in [2.05, 4.69) is 82.4 Å². The Morgan fingerprint density at radius 3 is 2.27 bits per heavy atom. The Morgan fingerprint density at radius 1 is 0.946 bits per heavy atom. The molecule has 1 atom stereocenters. The Kier molecular flexibility index (Phi) is 8.08. The van der Waals surface area contributed by atoms with Crippen molar-refractivity contribution in [3.8, 4) is 0 Å². The van der Waals surface area contributed by atoms with Crippen LogP contribution in [0.4, 0.5) is 0 Å². The number of alkyl halides is 1. The van der Waals surface area contributed by atoms with Gasteiger partial charge in [-0.3, -0.25) is 4.98 Å². The Bertz CT molecular complexity index is 1530. The molecule has 37 heavy (non-hydrogen) atoms. The first-order chi connectivity index (χ1) is 17.7. The SMILES string of the molecule is C=Cc1c(C)c2cc3nc(c(C)c4nc(cc5[nH]c(cc1[nH]2)c(C)c5CC)C(C)=C4)C[C@@H]3C.CCCCl. The smallest absolute Gasteiger partial charge is 0.0687 e. The van der Waals surface area contributed by atoms with Crippen LogP contribution in [0.1, 0.15) is 90.6 Å². The van der Waals surface area contributed by atoms with Gasteiger partial charge in [0.2, 0.25) is 0 Å². The number of hydrogen-bond donors (Lipinski definition) is 2. The molecule has 2 aliphatic rings. The lowest BCUT2D eigenvalue weighted by Crippen LogP contribution is -1.91. The average molecular weight is 515 g/mol. The molecule has 0 fully saturated rings. The molecule has 0 amide bonds. The predicted molar refractivity (Wildman–Crippen MR) is 161 cm³/mol. The second-order valence-electron chi connectivity index (χ2n) is 10.1. The molecule has 2 aliphatic heterocycles. The third-order valence-corrected chi connectivity index (χ3v) is 7.89. The Morgan fingerprint density at radius 2 is 1.62 bits per heavy atom. The number of aryl methyl sites for hydroxylation is 3. The summed E-state index contributed by atoms with van der Waals surface area (Å²) in [5.74, 6) is 1.16. The van der Waals surface area contributed by atoms with Crippen LogP contribution < -0.4 is 0 Å². The molecule has 4 nitrogen and oxygen atoms in total. The highest BCUT2D eigenvalue weighted by Crippen LogP contribution is 2.31. The van der Waals surface area contributed by atoms with Crippen LogP contribution in [0.5, 0.6) is 0 Å². The molecule has 8 bridgehead atoms. The molecular formula is C32H39ClN4. The molecule has 5 heterocycles. The third kappa shape index (κ3) is 5.17. The van der Waals surface area contributed by atoms with E-state index >= 15 is 0 Å². The van der Waals surface area contributed by atoms with Crippen LogP contribution >= 0.6 is 11.6 Å². The second kappa shape index (κ2) is 11.1. The number of rotatable bonds is 3. The summed E-state index contributed by atoms with van der Waals surface area (Å²) in [7, 11) is 0. The Balaban J connectivity index is 0.000000747. The largest absolute Gasteiger partial charge is 0.355 e. The summed E-state index contributed by atoms with van der Waals surface area (Å²) in [5.41, 5.74) is 16.0. The number of aromatic nitrogens is 4. The van der Waals surface area contributed by atoms with Gasteiger partial charge in [0, 0.05) is 50.8 Å². The van der Waals surface area contributed by atoms with Crippen molar-refractivity contribution in [3.63, 3.8) is 0 Å². The maximum absolute atomic E-state index is 5.19. The van der Waals surface area contributed by atoms with Crippen LogP contribution in [0.2, 0.25) is 0 Å². The van der Waals surface area contributed by atoms with Crippen LogP contribution in [0, 0.1) is 20.8 Å². The first-order valence-corrected chi connectivity index (χ1v) is 13.8. The van der Waals surface area contributed by atoms with Crippen molar-refractivity contribution >= 4 is 51.4 Å². The standard InChI is InChI=1S/C29H32N4.C3H7Cl/c1-8-20-18(6)27-14-29-21(9-2)17(5)26(32-29)12-22-15(3)10-24(30-22)19(7)25-11-16(4)23(31-25)13-28(20)33-27;1-2-3-4/h9,11-15,32-33H,2,8,10H2,1,3-7H3;2-3H2,1H3/t15-;/m0./s1. The zero-order valence-electron chi connectivity index (χ0n) is 23.3. The number of halogens is 1. The number of hydrogen-bond acceptors (Lipinski definition) is 2. The van der Waals surface area contributed by atoms with Gasteiger partial charge in [-0.25, -0.2) is 4.98 Å². The van der Waals surface area contributed by atoms with Crippen molar-refractivity contribution in [2.45, 2.75) is 73.6 Å². The molecule has 0 radical (unpaired) electrons. The highest BCUT2D eigenvalue weighted by Gasteiger charge is 2.20. The van der Waals surface area contributed by atoms with E-state index in [-0.39, 0.29) is 0 Å². The van der Waals surface area contributed by atoms with Crippen LogP contribution in [0.15, 0.2) is 24.8 Å². The fourth-order valence-corrected chi connectivity index (χ4v) is 5.14. The van der Waals surface area contributed by atoms with E-state index < -0.39 is 0 Å². The molecule has 5 rings (SSSR count). The van der Waals surface area contributed by atoms with E-state index in [4.69, 9.17) is 21.6 Å². The van der Waals surface area contributed by atoms with Crippen molar-refractivity contribution in [2.75, 3.05) is 5.88 Å². The van der Waals surface area contributed by atoms with Crippen LogP contribution in [0.3, 0.4) is 0 Å². The molecule has 5 heteroatoms. The van der Waals surface area contributed by atoms with Crippen molar-refractivity contribution in [3.05, 3.63) is 75.4 Å². The van der Waals surface area contributed by atoms with Gasteiger partial charge < -0.3 is 9.97 Å². The number of nitrogens with zero attached hydrogens (tertiary/aromatic N) is 2. The maximum atomic E-state index is 5.19. The van der Waals surface area contributed by atoms with Crippen molar-refractivity contribution in [1.29, 1.82) is 0 Å². The molecule has 0 aliphatic carbocycles. The van der Waals surface area contributed by atoms with E-state index in [1.54, 1.807) is 0 Å². The van der Waals surface area contributed by atoms with Gasteiger partial charge in [-0.15, -0.1) is 11.6 Å². The Hall–Kier alpha value is -3.11. The summed E-state index contributed by atoms with van der Waals surface area (Å²) in [6.07, 6.45) is 7.13. The summed E-state index contributed by atoms with van der Waals surface area (Å²) >= 11 is 5.19. The maximum Gasteiger partial charge on any atom is 0.0687 e. The van der Waals surface area contributed by atoms with E-state index in [1.165, 1.54) is 27.8 Å². The molecule has 3 aromatic rings. The van der Waals surface area contributed by atoms with Gasteiger partial charge in [0.1, 0.15) is 0 Å². The summed E-state index contributed by atoms with van der Waals surface area (Å²) in [6.45, 7) is 19.2. The zero-order chi connectivity index (χ0) is 26.9. The first kappa shape index (κ1) is 26.9. The minimum Gasteiger partial charge on any atom is -0.355 e. The molecule has 0 saturated carbocycles. The summed E-state index contributed by atoms with van der Waals surface area (Å²) < 4.78 is 0. The highest BCUT2D eigenvalue weighted by molar-refractivity contribution is 6.17. The zero-order valence-corrected chi connectivity index (χ0v) is 24.0. The third-order valence-electron chi connectivity index (χ3n) is 7.51. The number of H-pyrrole nitrogens is 2. The van der Waals surface area contributed by atoms with Gasteiger partial charge in [-0.2, -0.15) is 0 Å². The second-order valence-corrected chi connectivity index (χ2v) is 10.5. The van der Waals surface area contributed by atoms with E-state index in [0.29, 0.717) is 5.92 Å². The number of aromatic amines is 2. The van der Waals surface area contributed by atoms with Crippen molar-refractivity contribution in [1.82, 2.24) is 19.9 Å². The minimum absolute atomic E-state index is 0.370. The summed E-state index contributed by atoms with van der Waals surface area (Å²) in [6, 6.07) is 6.63. The van der Waals surface area contributed by atoms with Gasteiger partial charge in [0.25, 0.3) is 0 Å². The topological polar surface area (TPSA) is 57.4 Å². The van der Waals surface area contributed by atoms with E-state index in [1.807, 2.05) is 13.0 Å². The minimum atomic E-state index is 0.370. The van der Waals surface area contributed by atoms with Crippen LogP contribution in [-0.4, -0.2) is 25.8 Å². The molecule has 194 valence electrons. The van der Waals surface area contributed by atoms with E-state index in [9.17, 15) is 0 Å². The predicted octanol–water partition coefficient (Wildman–Crippen LogP) is 8.99. The van der Waals surface area contributed by atoms with Gasteiger partial charge in [-0.1, -0.05) is 33.4 Å².